The SMILES string of the molecule is Cl.O=C(CC1CC1)NCC1CCNCC1. The number of halogens is 1. The normalized spacial score (nSPS) is 21.9. The van der Waals surface area contributed by atoms with Gasteiger partial charge in [0.15, 0.2) is 0 Å². The molecule has 2 N–H and O–H groups in total. The third kappa shape index (κ3) is 4.85. The predicted molar refractivity (Wildman–Crippen MR) is 63.2 cm³/mol. The monoisotopic (exact) mass is 232 g/mol. The van der Waals surface area contributed by atoms with Gasteiger partial charge in [-0.1, -0.05) is 0 Å². The van der Waals surface area contributed by atoms with Crippen molar-refractivity contribution in [3.63, 3.8) is 0 Å². The number of piperidine rings is 1. The van der Waals surface area contributed by atoms with Crippen LogP contribution in [0.4, 0.5) is 0 Å². The molecule has 1 saturated heterocycles. The van der Waals surface area contributed by atoms with Crippen LogP contribution in [-0.2, 0) is 4.79 Å². The van der Waals surface area contributed by atoms with Gasteiger partial charge in [-0.15, -0.1) is 12.4 Å². The van der Waals surface area contributed by atoms with Crippen LogP contribution in [-0.4, -0.2) is 25.5 Å². The Morgan fingerprint density at radius 1 is 1.13 bits per heavy atom. The van der Waals surface area contributed by atoms with Gasteiger partial charge in [0.05, 0.1) is 0 Å². The third-order valence-corrected chi connectivity index (χ3v) is 3.22. The zero-order chi connectivity index (χ0) is 9.80. The minimum absolute atomic E-state index is 0. The van der Waals surface area contributed by atoms with E-state index in [0.717, 1.165) is 26.1 Å². The molecule has 0 spiro atoms. The number of carbonyl (C=O) groups excluding carboxylic acids is 1. The highest BCUT2D eigenvalue weighted by Crippen LogP contribution is 2.32. The number of hydrogen-bond acceptors (Lipinski definition) is 2. The Bertz CT molecular complexity index is 201. The van der Waals surface area contributed by atoms with E-state index in [2.05, 4.69) is 10.6 Å². The first-order valence-electron chi connectivity index (χ1n) is 5.82. The molecule has 0 aromatic heterocycles. The van der Waals surface area contributed by atoms with Gasteiger partial charge >= 0.3 is 0 Å². The summed E-state index contributed by atoms with van der Waals surface area (Å²) < 4.78 is 0. The van der Waals surface area contributed by atoms with Crippen LogP contribution >= 0.6 is 12.4 Å². The van der Waals surface area contributed by atoms with E-state index in [-0.39, 0.29) is 18.3 Å². The fourth-order valence-corrected chi connectivity index (χ4v) is 2.00. The van der Waals surface area contributed by atoms with Crippen LogP contribution in [0.5, 0.6) is 0 Å². The first-order valence-corrected chi connectivity index (χ1v) is 5.82. The summed E-state index contributed by atoms with van der Waals surface area (Å²) >= 11 is 0. The van der Waals surface area contributed by atoms with Crippen LogP contribution in [0.15, 0.2) is 0 Å². The standard InChI is InChI=1S/C11H20N2O.ClH/c14-11(7-9-1-2-9)13-8-10-3-5-12-6-4-10;/h9-10,12H,1-8H2,(H,13,14);1H. The molecule has 1 saturated carbocycles. The number of rotatable bonds is 4. The second-order valence-electron chi connectivity index (χ2n) is 4.64. The summed E-state index contributed by atoms with van der Waals surface area (Å²) in [5, 5.41) is 6.39. The molecular weight excluding hydrogens is 212 g/mol. The van der Waals surface area contributed by atoms with Crippen molar-refractivity contribution >= 4 is 18.3 Å². The molecule has 3 nitrogen and oxygen atoms in total. The summed E-state index contributed by atoms with van der Waals surface area (Å²) in [4.78, 5) is 11.4. The van der Waals surface area contributed by atoms with Crippen molar-refractivity contribution in [3.05, 3.63) is 0 Å². The third-order valence-electron chi connectivity index (χ3n) is 3.22. The minimum Gasteiger partial charge on any atom is -0.356 e. The van der Waals surface area contributed by atoms with E-state index in [1.54, 1.807) is 0 Å². The van der Waals surface area contributed by atoms with E-state index in [9.17, 15) is 4.79 Å². The fraction of sp³-hybridized carbons (Fsp3) is 0.909. The van der Waals surface area contributed by atoms with Crippen molar-refractivity contribution in [1.29, 1.82) is 0 Å². The maximum absolute atomic E-state index is 11.4. The maximum Gasteiger partial charge on any atom is 0.220 e. The summed E-state index contributed by atoms with van der Waals surface area (Å²) in [6, 6.07) is 0. The quantitative estimate of drug-likeness (QED) is 0.768. The summed E-state index contributed by atoms with van der Waals surface area (Å²) in [6.07, 6.45) is 5.72. The number of carbonyl (C=O) groups is 1. The molecule has 1 aliphatic carbocycles. The van der Waals surface area contributed by atoms with Gasteiger partial charge in [0.2, 0.25) is 5.91 Å². The van der Waals surface area contributed by atoms with Gasteiger partial charge in [0.1, 0.15) is 0 Å². The van der Waals surface area contributed by atoms with Crippen molar-refractivity contribution in [2.75, 3.05) is 19.6 Å². The van der Waals surface area contributed by atoms with Gasteiger partial charge < -0.3 is 10.6 Å². The first kappa shape index (κ1) is 12.8. The van der Waals surface area contributed by atoms with Crippen LogP contribution in [0.1, 0.15) is 32.1 Å². The van der Waals surface area contributed by atoms with Crippen molar-refractivity contribution < 1.29 is 4.79 Å². The maximum atomic E-state index is 11.4. The van der Waals surface area contributed by atoms with Crippen LogP contribution in [0.3, 0.4) is 0 Å². The number of amides is 1. The van der Waals surface area contributed by atoms with E-state index in [1.165, 1.54) is 25.7 Å². The zero-order valence-corrected chi connectivity index (χ0v) is 9.94. The summed E-state index contributed by atoms with van der Waals surface area (Å²) in [6.45, 7) is 3.12. The van der Waals surface area contributed by atoms with Gasteiger partial charge in [0, 0.05) is 13.0 Å². The fourth-order valence-electron chi connectivity index (χ4n) is 2.00. The molecular formula is C11H21ClN2O. The molecule has 0 aromatic rings. The highest BCUT2D eigenvalue weighted by Gasteiger charge is 2.24. The van der Waals surface area contributed by atoms with E-state index in [0.29, 0.717) is 11.8 Å². The van der Waals surface area contributed by atoms with Gasteiger partial charge in [-0.2, -0.15) is 0 Å². The molecule has 2 fully saturated rings. The summed E-state index contributed by atoms with van der Waals surface area (Å²) in [5.74, 6) is 1.69. The average molecular weight is 233 g/mol. The van der Waals surface area contributed by atoms with Crippen LogP contribution in [0, 0.1) is 11.8 Å². The largest absolute Gasteiger partial charge is 0.356 e. The second kappa shape index (κ2) is 6.33. The van der Waals surface area contributed by atoms with E-state index < -0.39 is 0 Å². The Morgan fingerprint density at radius 2 is 1.80 bits per heavy atom. The summed E-state index contributed by atoms with van der Waals surface area (Å²) in [5.41, 5.74) is 0. The van der Waals surface area contributed by atoms with Crippen LogP contribution in [0.25, 0.3) is 0 Å². The van der Waals surface area contributed by atoms with E-state index in [4.69, 9.17) is 0 Å². The predicted octanol–water partition coefficient (Wildman–Crippen LogP) is 1.32. The Kier molecular flexibility index (Phi) is 5.40. The molecule has 0 radical (unpaired) electrons. The second-order valence-corrected chi connectivity index (χ2v) is 4.64. The molecule has 2 rings (SSSR count). The van der Waals surface area contributed by atoms with E-state index >= 15 is 0 Å². The lowest BCUT2D eigenvalue weighted by atomic mass is 9.98. The van der Waals surface area contributed by atoms with Gasteiger partial charge in [0.25, 0.3) is 0 Å². The van der Waals surface area contributed by atoms with E-state index in [1.807, 2.05) is 0 Å². The first-order chi connectivity index (χ1) is 6.84. The minimum atomic E-state index is 0. The number of hydrogen-bond donors (Lipinski definition) is 2. The van der Waals surface area contributed by atoms with Crippen LogP contribution in [0.2, 0.25) is 0 Å². The molecule has 1 heterocycles. The lowest BCUT2D eigenvalue weighted by molar-refractivity contribution is -0.121. The smallest absolute Gasteiger partial charge is 0.220 e. The Balaban J connectivity index is 0.00000112. The molecule has 1 aliphatic heterocycles. The van der Waals surface area contributed by atoms with Crippen molar-refractivity contribution in [2.24, 2.45) is 11.8 Å². The molecule has 0 atom stereocenters. The molecule has 4 heteroatoms. The molecule has 15 heavy (non-hydrogen) atoms. The molecule has 0 aromatic carbocycles. The van der Waals surface area contributed by atoms with Crippen molar-refractivity contribution in [2.45, 2.75) is 32.1 Å². The van der Waals surface area contributed by atoms with Crippen molar-refractivity contribution in [3.8, 4) is 0 Å². The lowest BCUT2D eigenvalue weighted by Crippen LogP contribution is -2.36. The Labute approximate surface area is 97.8 Å². The zero-order valence-electron chi connectivity index (χ0n) is 9.13. The molecule has 2 aliphatic rings. The number of nitrogens with one attached hydrogen (secondary N) is 2. The lowest BCUT2D eigenvalue weighted by Gasteiger charge is -2.22. The molecule has 0 bridgehead atoms. The Hall–Kier alpha value is -0.280. The van der Waals surface area contributed by atoms with Crippen LogP contribution < -0.4 is 10.6 Å². The Morgan fingerprint density at radius 3 is 2.40 bits per heavy atom. The molecule has 0 unspecified atom stereocenters. The van der Waals surface area contributed by atoms with Gasteiger partial charge in [-0.05, 0) is 50.6 Å². The van der Waals surface area contributed by atoms with Gasteiger partial charge in [-0.3, -0.25) is 4.79 Å². The highest BCUT2D eigenvalue weighted by molar-refractivity contribution is 5.85. The van der Waals surface area contributed by atoms with Gasteiger partial charge in [-0.25, -0.2) is 0 Å². The topological polar surface area (TPSA) is 41.1 Å². The van der Waals surface area contributed by atoms with Crippen molar-refractivity contribution in [1.82, 2.24) is 10.6 Å². The molecule has 88 valence electrons. The highest BCUT2D eigenvalue weighted by atomic mass is 35.5. The summed E-state index contributed by atoms with van der Waals surface area (Å²) in [7, 11) is 0. The average Bonchev–Trinajstić information content (AvgIpc) is 3.00. The molecule has 1 amide bonds.